The molecule has 0 radical (unpaired) electrons. The van der Waals surface area contributed by atoms with Gasteiger partial charge in [-0.15, -0.1) is 0 Å². The molecule has 0 aromatic heterocycles. The van der Waals surface area contributed by atoms with Crippen LogP contribution in [-0.4, -0.2) is 19.4 Å². The summed E-state index contributed by atoms with van der Waals surface area (Å²) in [6.45, 7) is 1.47. The van der Waals surface area contributed by atoms with Crippen LogP contribution in [0.2, 0.25) is 0 Å². The quantitative estimate of drug-likeness (QED) is 0.761. The summed E-state index contributed by atoms with van der Waals surface area (Å²) in [5.74, 6) is -0.967. The Kier molecular flexibility index (Phi) is 4.30. The van der Waals surface area contributed by atoms with Crippen molar-refractivity contribution in [3.8, 4) is 0 Å². The summed E-state index contributed by atoms with van der Waals surface area (Å²) in [5.41, 5.74) is 0.297. The van der Waals surface area contributed by atoms with E-state index in [1.165, 1.54) is 6.92 Å². The van der Waals surface area contributed by atoms with Crippen LogP contribution in [0.3, 0.4) is 0 Å². The molecular formula is C13H15BrF2O2S. The lowest BCUT2D eigenvalue weighted by atomic mass is 10.0. The first kappa shape index (κ1) is 14.9. The van der Waals surface area contributed by atoms with Gasteiger partial charge in [0.05, 0.1) is 15.8 Å². The fourth-order valence-electron chi connectivity index (χ4n) is 2.38. The molecule has 2 atom stereocenters. The highest BCUT2D eigenvalue weighted by Crippen LogP contribution is 2.38. The van der Waals surface area contributed by atoms with Crippen molar-refractivity contribution >= 4 is 25.8 Å². The van der Waals surface area contributed by atoms with E-state index in [4.69, 9.17) is 0 Å². The molecule has 0 spiro atoms. The molecule has 0 saturated carbocycles. The van der Waals surface area contributed by atoms with E-state index in [-0.39, 0.29) is 16.9 Å². The van der Waals surface area contributed by atoms with E-state index in [0.717, 1.165) is 18.6 Å². The van der Waals surface area contributed by atoms with Crippen LogP contribution < -0.4 is 0 Å². The molecule has 1 aliphatic rings. The zero-order chi connectivity index (χ0) is 14.2. The van der Waals surface area contributed by atoms with Crippen molar-refractivity contribution in [2.24, 2.45) is 0 Å². The van der Waals surface area contributed by atoms with E-state index in [0.29, 0.717) is 12.8 Å². The number of halogens is 3. The average Bonchev–Trinajstić information content (AvgIpc) is 2.32. The van der Waals surface area contributed by atoms with Gasteiger partial charge < -0.3 is 0 Å². The molecule has 1 saturated heterocycles. The molecule has 0 N–H and O–H groups in total. The van der Waals surface area contributed by atoms with Crippen LogP contribution in [0.25, 0.3) is 0 Å². The van der Waals surface area contributed by atoms with Gasteiger partial charge in [0, 0.05) is 5.56 Å². The fraction of sp³-hybridized carbons (Fsp3) is 0.538. The van der Waals surface area contributed by atoms with Crippen molar-refractivity contribution in [3.05, 3.63) is 34.9 Å². The Labute approximate surface area is 120 Å². The minimum atomic E-state index is -3.25. The van der Waals surface area contributed by atoms with E-state index in [1.807, 2.05) is 0 Å². The molecular weight excluding hydrogens is 338 g/mol. The molecule has 1 aromatic carbocycles. The molecule has 19 heavy (non-hydrogen) atoms. The zero-order valence-electron chi connectivity index (χ0n) is 10.5. The Morgan fingerprint density at radius 1 is 1.26 bits per heavy atom. The lowest BCUT2D eigenvalue weighted by Gasteiger charge is -2.27. The smallest absolute Gasteiger partial charge is 0.154 e. The molecule has 1 heterocycles. The van der Waals surface area contributed by atoms with E-state index < -0.39 is 31.5 Å². The van der Waals surface area contributed by atoms with E-state index in [1.54, 1.807) is 0 Å². The predicted octanol–water partition coefficient (Wildman–Crippen LogP) is 3.68. The highest BCUT2D eigenvalue weighted by Gasteiger charge is 2.36. The number of aryl methyl sites for hydroxylation is 1. The summed E-state index contributed by atoms with van der Waals surface area (Å²) in [4.78, 5) is -0.701. The Morgan fingerprint density at radius 3 is 2.58 bits per heavy atom. The summed E-state index contributed by atoms with van der Waals surface area (Å²) in [6.07, 6.45) is 1.92. The molecule has 2 rings (SSSR count). The predicted molar refractivity (Wildman–Crippen MR) is 74.2 cm³/mol. The van der Waals surface area contributed by atoms with Gasteiger partial charge in [-0.25, -0.2) is 17.2 Å². The SMILES string of the molecule is Cc1cc(F)c(C(Br)C2CCCCS2(=O)=O)cc1F. The summed E-state index contributed by atoms with van der Waals surface area (Å²) >= 11 is 3.25. The van der Waals surface area contributed by atoms with E-state index in [2.05, 4.69) is 15.9 Å². The minimum Gasteiger partial charge on any atom is -0.228 e. The third-order valence-electron chi connectivity index (χ3n) is 3.53. The van der Waals surface area contributed by atoms with Crippen LogP contribution in [0.1, 0.15) is 35.2 Å². The minimum absolute atomic E-state index is 0.0820. The first-order chi connectivity index (χ1) is 8.83. The number of hydrogen-bond donors (Lipinski definition) is 0. The third kappa shape index (κ3) is 2.99. The van der Waals surface area contributed by atoms with Crippen molar-refractivity contribution in [3.63, 3.8) is 0 Å². The summed E-state index contributed by atoms with van der Waals surface area (Å²) in [6, 6.07) is 2.20. The van der Waals surface area contributed by atoms with Gasteiger partial charge in [-0.3, -0.25) is 0 Å². The molecule has 1 aliphatic heterocycles. The lowest BCUT2D eigenvalue weighted by molar-refractivity contribution is 0.526. The third-order valence-corrected chi connectivity index (χ3v) is 7.30. The average molecular weight is 353 g/mol. The summed E-state index contributed by atoms with van der Waals surface area (Å²) in [7, 11) is -3.25. The molecule has 6 heteroatoms. The zero-order valence-corrected chi connectivity index (χ0v) is 12.9. The van der Waals surface area contributed by atoms with Crippen molar-refractivity contribution in [2.75, 3.05) is 5.75 Å². The molecule has 1 aromatic rings. The van der Waals surface area contributed by atoms with Crippen LogP contribution in [-0.2, 0) is 9.84 Å². The molecule has 106 valence electrons. The number of hydrogen-bond acceptors (Lipinski definition) is 2. The summed E-state index contributed by atoms with van der Waals surface area (Å²) < 4.78 is 51.5. The molecule has 0 aliphatic carbocycles. The van der Waals surface area contributed by atoms with Gasteiger partial charge in [0.1, 0.15) is 11.6 Å². The Morgan fingerprint density at radius 2 is 1.95 bits per heavy atom. The second-order valence-electron chi connectivity index (χ2n) is 4.93. The Hall–Kier alpha value is -0.490. The van der Waals surface area contributed by atoms with Crippen LogP contribution in [0.15, 0.2) is 12.1 Å². The molecule has 2 nitrogen and oxygen atoms in total. The lowest BCUT2D eigenvalue weighted by Crippen LogP contribution is -2.32. The molecule has 0 amide bonds. The van der Waals surface area contributed by atoms with Gasteiger partial charge in [0.2, 0.25) is 0 Å². The largest absolute Gasteiger partial charge is 0.228 e. The monoisotopic (exact) mass is 352 g/mol. The van der Waals surface area contributed by atoms with Crippen LogP contribution in [0, 0.1) is 18.6 Å². The Balaban J connectivity index is 2.39. The highest BCUT2D eigenvalue weighted by atomic mass is 79.9. The Bertz CT molecular complexity index is 587. The maximum absolute atomic E-state index is 13.9. The van der Waals surface area contributed by atoms with Gasteiger partial charge in [-0.1, -0.05) is 22.4 Å². The van der Waals surface area contributed by atoms with Crippen LogP contribution >= 0.6 is 15.9 Å². The van der Waals surface area contributed by atoms with Crippen LogP contribution in [0.4, 0.5) is 8.78 Å². The number of alkyl halides is 1. The van der Waals surface area contributed by atoms with Gasteiger partial charge in [-0.2, -0.15) is 0 Å². The molecule has 0 bridgehead atoms. The van der Waals surface area contributed by atoms with Crippen molar-refractivity contribution in [1.29, 1.82) is 0 Å². The second-order valence-corrected chi connectivity index (χ2v) is 8.25. The normalized spacial score (nSPS) is 24.1. The maximum Gasteiger partial charge on any atom is 0.154 e. The first-order valence-electron chi connectivity index (χ1n) is 6.14. The highest BCUT2D eigenvalue weighted by molar-refractivity contribution is 9.09. The molecule has 2 unspecified atom stereocenters. The number of sulfone groups is 1. The van der Waals surface area contributed by atoms with Crippen molar-refractivity contribution in [2.45, 2.75) is 36.3 Å². The van der Waals surface area contributed by atoms with E-state index in [9.17, 15) is 17.2 Å². The fourth-order valence-corrected chi connectivity index (χ4v) is 5.93. The van der Waals surface area contributed by atoms with Gasteiger partial charge >= 0.3 is 0 Å². The standard InChI is InChI=1S/C13H15BrF2O2S/c1-8-6-11(16)9(7-10(8)15)13(14)12-4-2-3-5-19(12,17)18/h6-7,12-13H,2-5H2,1H3. The van der Waals surface area contributed by atoms with Gasteiger partial charge in [0.25, 0.3) is 0 Å². The maximum atomic E-state index is 13.9. The number of benzene rings is 1. The summed E-state index contributed by atoms with van der Waals surface area (Å²) in [5, 5.41) is -0.683. The van der Waals surface area contributed by atoms with Crippen LogP contribution in [0.5, 0.6) is 0 Å². The first-order valence-corrected chi connectivity index (χ1v) is 8.77. The second kappa shape index (κ2) is 5.48. The number of rotatable bonds is 2. The molecule has 1 fully saturated rings. The van der Waals surface area contributed by atoms with E-state index >= 15 is 0 Å². The van der Waals surface area contributed by atoms with Gasteiger partial charge in [-0.05, 0) is 37.5 Å². The topological polar surface area (TPSA) is 34.1 Å². The van der Waals surface area contributed by atoms with Crippen molar-refractivity contribution in [1.82, 2.24) is 0 Å². The van der Waals surface area contributed by atoms with Crippen molar-refractivity contribution < 1.29 is 17.2 Å². The van der Waals surface area contributed by atoms with Gasteiger partial charge in [0.15, 0.2) is 9.84 Å².